The van der Waals surface area contributed by atoms with Crippen molar-refractivity contribution in [3.05, 3.63) is 30.3 Å². The molecule has 1 fully saturated rings. The molecule has 0 amide bonds. The van der Waals surface area contributed by atoms with Crippen molar-refractivity contribution in [2.24, 2.45) is 0 Å². The van der Waals surface area contributed by atoms with Crippen molar-refractivity contribution in [2.75, 3.05) is 7.11 Å². The molecule has 1 unspecified atom stereocenters. The van der Waals surface area contributed by atoms with Crippen molar-refractivity contribution >= 4 is 23.5 Å². The fraction of sp³-hybridized carbons (Fsp3) is 0.652. The summed E-state index contributed by atoms with van der Waals surface area (Å²) in [6.45, 7) is 1.95. The lowest BCUT2D eigenvalue weighted by Gasteiger charge is -2.21. The van der Waals surface area contributed by atoms with E-state index in [2.05, 4.69) is 0 Å². The van der Waals surface area contributed by atoms with Crippen molar-refractivity contribution < 1.29 is 19.1 Å². The number of hydrogen-bond donors (Lipinski definition) is 0. The van der Waals surface area contributed by atoms with Crippen LogP contribution in [0.5, 0.6) is 0 Å². The Kier molecular flexibility index (Phi) is 10.7. The van der Waals surface area contributed by atoms with Crippen LogP contribution < -0.4 is 0 Å². The molecule has 0 saturated carbocycles. The number of benzene rings is 1. The van der Waals surface area contributed by atoms with E-state index in [-0.39, 0.29) is 24.3 Å². The average Bonchev–Trinajstić information content (AvgIpc) is 2.69. The molecule has 0 N–H and O–H groups in total. The molecule has 1 aromatic carbocycles. The minimum atomic E-state index is -0.539. The van der Waals surface area contributed by atoms with Gasteiger partial charge in [0.25, 0.3) is 0 Å². The average molecular weight is 407 g/mol. The predicted octanol–water partition coefficient (Wildman–Crippen LogP) is 5.58. The van der Waals surface area contributed by atoms with Crippen LogP contribution in [0.4, 0.5) is 0 Å². The zero-order valence-electron chi connectivity index (χ0n) is 17.2. The van der Waals surface area contributed by atoms with Crippen LogP contribution in [0, 0.1) is 0 Å². The van der Waals surface area contributed by atoms with Gasteiger partial charge < -0.3 is 9.47 Å². The number of cyclic esters (lactones) is 1. The van der Waals surface area contributed by atoms with Crippen LogP contribution in [0.15, 0.2) is 35.2 Å². The highest BCUT2D eigenvalue weighted by atomic mass is 32.2. The SMILES string of the molecule is CO[C@H]1CCCCCCCCC[C@@H](C)OC(=O)C(Sc2ccccc2)CC1=O. The van der Waals surface area contributed by atoms with Gasteiger partial charge in [-0.25, -0.2) is 0 Å². The first-order valence-corrected chi connectivity index (χ1v) is 11.5. The van der Waals surface area contributed by atoms with E-state index in [1.165, 1.54) is 37.4 Å². The molecule has 0 aliphatic carbocycles. The van der Waals surface area contributed by atoms with Gasteiger partial charge in [0.15, 0.2) is 5.78 Å². The van der Waals surface area contributed by atoms with Gasteiger partial charge in [-0.2, -0.15) is 0 Å². The lowest BCUT2D eigenvalue weighted by molar-refractivity contribution is -0.149. The van der Waals surface area contributed by atoms with Gasteiger partial charge >= 0.3 is 5.97 Å². The molecule has 4 nitrogen and oxygen atoms in total. The van der Waals surface area contributed by atoms with Gasteiger partial charge in [-0.15, -0.1) is 11.8 Å². The van der Waals surface area contributed by atoms with Crippen molar-refractivity contribution in [3.8, 4) is 0 Å². The molecule has 1 aliphatic rings. The highest BCUT2D eigenvalue weighted by Gasteiger charge is 2.29. The Morgan fingerprint density at radius 1 is 0.929 bits per heavy atom. The number of carbonyl (C=O) groups excluding carboxylic acids is 2. The van der Waals surface area contributed by atoms with Crippen LogP contribution >= 0.6 is 11.8 Å². The van der Waals surface area contributed by atoms with Crippen LogP contribution in [0.2, 0.25) is 0 Å². The number of ether oxygens (including phenoxy) is 2. The molecule has 0 radical (unpaired) electrons. The molecular weight excluding hydrogens is 372 g/mol. The van der Waals surface area contributed by atoms with E-state index in [0.29, 0.717) is 0 Å². The van der Waals surface area contributed by atoms with Crippen molar-refractivity contribution in [1.29, 1.82) is 0 Å². The molecule has 2 rings (SSSR count). The first-order valence-electron chi connectivity index (χ1n) is 10.6. The second-order valence-corrected chi connectivity index (χ2v) is 8.89. The Morgan fingerprint density at radius 3 is 2.18 bits per heavy atom. The lowest BCUT2D eigenvalue weighted by Crippen LogP contribution is -2.32. The molecule has 1 aromatic rings. The lowest BCUT2D eigenvalue weighted by atomic mass is 10.0. The number of rotatable bonds is 3. The fourth-order valence-electron chi connectivity index (χ4n) is 3.54. The first kappa shape index (κ1) is 23.0. The maximum Gasteiger partial charge on any atom is 0.320 e. The van der Waals surface area contributed by atoms with E-state index in [1.807, 2.05) is 37.3 Å². The molecule has 0 spiro atoms. The van der Waals surface area contributed by atoms with Gasteiger partial charge in [0.2, 0.25) is 0 Å². The van der Waals surface area contributed by atoms with E-state index in [9.17, 15) is 9.59 Å². The largest absolute Gasteiger partial charge is 0.462 e. The van der Waals surface area contributed by atoms with Crippen LogP contribution in [-0.4, -0.2) is 36.3 Å². The summed E-state index contributed by atoms with van der Waals surface area (Å²) >= 11 is 1.41. The summed E-state index contributed by atoms with van der Waals surface area (Å²) in [5.41, 5.74) is 0. The molecule has 3 atom stereocenters. The Bertz CT molecular complexity index is 590. The Balaban J connectivity index is 2.10. The van der Waals surface area contributed by atoms with Crippen LogP contribution in [0.1, 0.15) is 71.1 Å². The van der Waals surface area contributed by atoms with E-state index in [4.69, 9.17) is 9.47 Å². The van der Waals surface area contributed by atoms with E-state index < -0.39 is 11.4 Å². The van der Waals surface area contributed by atoms with Gasteiger partial charge in [-0.1, -0.05) is 56.7 Å². The van der Waals surface area contributed by atoms with Crippen molar-refractivity contribution in [3.63, 3.8) is 0 Å². The van der Waals surface area contributed by atoms with E-state index in [0.717, 1.165) is 37.0 Å². The number of methoxy groups -OCH3 is 1. The molecule has 156 valence electrons. The van der Waals surface area contributed by atoms with E-state index >= 15 is 0 Å². The normalized spacial score (nSPS) is 26.6. The molecule has 5 heteroatoms. The van der Waals surface area contributed by atoms with Gasteiger partial charge in [-0.3, -0.25) is 9.59 Å². The number of hydrogen-bond acceptors (Lipinski definition) is 5. The van der Waals surface area contributed by atoms with Crippen LogP contribution in [0.25, 0.3) is 0 Å². The number of esters is 1. The summed E-state index contributed by atoms with van der Waals surface area (Å²) in [7, 11) is 1.58. The molecule has 0 aromatic heterocycles. The summed E-state index contributed by atoms with van der Waals surface area (Å²) in [5.74, 6) is -0.302. The van der Waals surface area contributed by atoms with Crippen molar-refractivity contribution in [1.82, 2.24) is 0 Å². The highest BCUT2D eigenvalue weighted by molar-refractivity contribution is 8.00. The third-order valence-corrected chi connectivity index (χ3v) is 6.40. The van der Waals surface area contributed by atoms with Gasteiger partial charge in [0, 0.05) is 18.4 Å². The van der Waals surface area contributed by atoms with Crippen molar-refractivity contribution in [2.45, 2.75) is 93.5 Å². The van der Waals surface area contributed by atoms with Crippen LogP contribution in [-0.2, 0) is 19.1 Å². The summed E-state index contributed by atoms with van der Waals surface area (Å²) in [5, 5.41) is -0.539. The number of thioether (sulfide) groups is 1. The number of ketones is 1. The highest BCUT2D eigenvalue weighted by Crippen LogP contribution is 2.28. The zero-order valence-corrected chi connectivity index (χ0v) is 18.0. The molecule has 28 heavy (non-hydrogen) atoms. The third kappa shape index (κ3) is 8.36. The van der Waals surface area contributed by atoms with Gasteiger partial charge in [0.1, 0.15) is 11.4 Å². The number of carbonyl (C=O) groups is 2. The molecule has 1 aliphatic heterocycles. The summed E-state index contributed by atoms with van der Waals surface area (Å²) in [6.07, 6.45) is 9.24. The first-order chi connectivity index (χ1) is 13.6. The van der Waals surface area contributed by atoms with Crippen LogP contribution in [0.3, 0.4) is 0 Å². The maximum absolute atomic E-state index is 12.8. The molecule has 1 saturated heterocycles. The molecule has 1 heterocycles. The zero-order chi connectivity index (χ0) is 20.2. The second-order valence-electron chi connectivity index (χ2n) is 7.61. The second kappa shape index (κ2) is 13.0. The van der Waals surface area contributed by atoms with E-state index in [1.54, 1.807) is 7.11 Å². The smallest absolute Gasteiger partial charge is 0.320 e. The van der Waals surface area contributed by atoms with Gasteiger partial charge in [0.05, 0.1) is 6.10 Å². The summed E-state index contributed by atoms with van der Waals surface area (Å²) in [4.78, 5) is 26.6. The summed E-state index contributed by atoms with van der Waals surface area (Å²) in [6, 6.07) is 9.73. The Hall–Kier alpha value is -1.33. The Labute approximate surface area is 173 Å². The maximum atomic E-state index is 12.8. The molecule has 0 bridgehead atoms. The predicted molar refractivity (Wildman–Crippen MR) is 114 cm³/mol. The summed E-state index contributed by atoms with van der Waals surface area (Å²) < 4.78 is 11.2. The third-order valence-electron chi connectivity index (χ3n) is 5.21. The fourth-order valence-corrected chi connectivity index (χ4v) is 4.58. The quantitative estimate of drug-likeness (QED) is 0.614. The standard InChI is InChI=1S/C23H34O4S/c1-18-13-9-6-4-3-5-7-12-16-21(26-2)20(24)17-22(23(25)27-18)28-19-14-10-8-11-15-19/h8,10-11,14-15,18,21-22H,3-7,9,12-13,16-17H2,1-2H3/t18-,21+,22?/m1/s1. The minimum absolute atomic E-state index is 0.00683. The minimum Gasteiger partial charge on any atom is -0.462 e. The topological polar surface area (TPSA) is 52.6 Å². The monoisotopic (exact) mass is 406 g/mol. The number of Topliss-reactive ketones (excluding diaryl/α,β-unsaturated/α-hetero) is 1. The Morgan fingerprint density at radius 2 is 1.54 bits per heavy atom. The molecular formula is C23H34O4S. The van der Waals surface area contributed by atoms with Gasteiger partial charge in [-0.05, 0) is 38.3 Å².